The van der Waals surface area contributed by atoms with Crippen molar-refractivity contribution in [3.8, 4) is 5.75 Å². The van der Waals surface area contributed by atoms with Gasteiger partial charge in [0.15, 0.2) is 5.78 Å². The second-order valence-electron chi connectivity index (χ2n) is 4.95. The Kier molecular flexibility index (Phi) is 5.33. The number of Topliss-reactive ketones (excluding diaryl/α,β-unsaturated/α-hetero) is 1. The van der Waals surface area contributed by atoms with E-state index in [1.165, 1.54) is 13.0 Å². The van der Waals surface area contributed by atoms with Crippen LogP contribution in [-0.4, -0.2) is 16.8 Å². The summed E-state index contributed by atoms with van der Waals surface area (Å²) in [5, 5.41) is 12.7. The number of rotatable bonds is 5. The maximum atomic E-state index is 12.4. The first kappa shape index (κ1) is 16.2. The topological polar surface area (TPSA) is 66.4 Å². The lowest BCUT2D eigenvalue weighted by Gasteiger charge is -2.18. The first-order valence-electron chi connectivity index (χ1n) is 6.81. The molecule has 1 unspecified atom stereocenters. The number of phenols is 1. The summed E-state index contributed by atoms with van der Waals surface area (Å²) in [5.74, 6) is -0.295. The minimum atomic E-state index is -0.560. The van der Waals surface area contributed by atoms with Crippen LogP contribution < -0.4 is 5.32 Å². The van der Waals surface area contributed by atoms with Crippen LogP contribution in [0.1, 0.15) is 35.3 Å². The fraction of sp³-hybridized carbons (Fsp3) is 0.176. The normalized spacial score (nSPS) is 11.7. The maximum Gasteiger partial charge on any atom is 0.217 e. The number of benzene rings is 2. The molecule has 4 nitrogen and oxygen atoms in total. The zero-order chi connectivity index (χ0) is 16.1. The van der Waals surface area contributed by atoms with Crippen LogP contribution in [0.25, 0.3) is 0 Å². The van der Waals surface area contributed by atoms with Gasteiger partial charge >= 0.3 is 0 Å². The molecule has 0 saturated carbocycles. The first-order valence-corrected chi connectivity index (χ1v) is 7.60. The number of amides is 1. The summed E-state index contributed by atoms with van der Waals surface area (Å²) in [6, 6.07) is 13.2. The minimum absolute atomic E-state index is 0.0601. The highest BCUT2D eigenvalue weighted by Gasteiger charge is 2.20. The highest BCUT2D eigenvalue weighted by Crippen LogP contribution is 2.27. The number of nitrogens with one attached hydrogen (secondary N) is 1. The van der Waals surface area contributed by atoms with Gasteiger partial charge in [0.05, 0.1) is 6.04 Å². The lowest BCUT2D eigenvalue weighted by Crippen LogP contribution is -2.28. The predicted octanol–water partition coefficient (Wildman–Crippen LogP) is 3.60. The largest absolute Gasteiger partial charge is 0.508 e. The van der Waals surface area contributed by atoms with Crippen LogP contribution in [0.2, 0.25) is 0 Å². The quantitative estimate of drug-likeness (QED) is 0.799. The third-order valence-corrected chi connectivity index (χ3v) is 3.77. The van der Waals surface area contributed by atoms with Gasteiger partial charge < -0.3 is 10.4 Å². The molecule has 1 atom stereocenters. The Morgan fingerprint density at radius 3 is 2.36 bits per heavy atom. The maximum absolute atomic E-state index is 12.4. The zero-order valence-corrected chi connectivity index (χ0v) is 13.6. The second kappa shape index (κ2) is 7.22. The molecule has 0 fully saturated rings. The molecule has 1 amide bonds. The van der Waals surface area contributed by atoms with E-state index in [9.17, 15) is 14.7 Å². The van der Waals surface area contributed by atoms with Crippen molar-refractivity contribution in [2.75, 3.05) is 0 Å². The third kappa shape index (κ3) is 4.18. The lowest BCUT2D eigenvalue weighted by molar-refractivity contribution is -0.119. The van der Waals surface area contributed by atoms with E-state index in [-0.39, 0.29) is 23.9 Å². The van der Waals surface area contributed by atoms with Gasteiger partial charge in [-0.2, -0.15) is 0 Å². The number of para-hydroxylation sites is 1. The van der Waals surface area contributed by atoms with E-state index < -0.39 is 6.04 Å². The fourth-order valence-electron chi connectivity index (χ4n) is 2.21. The molecule has 0 heterocycles. The van der Waals surface area contributed by atoms with Gasteiger partial charge in [-0.05, 0) is 18.2 Å². The summed E-state index contributed by atoms with van der Waals surface area (Å²) in [6.07, 6.45) is 0.0821. The number of halogens is 1. The molecule has 22 heavy (non-hydrogen) atoms. The van der Waals surface area contributed by atoms with E-state index in [0.717, 1.165) is 4.47 Å². The molecule has 2 aromatic carbocycles. The number of hydrogen-bond acceptors (Lipinski definition) is 3. The SMILES string of the molecule is CC(=O)NC(CC(=O)c1ccc(Br)cc1)c1ccccc1O. The van der Waals surface area contributed by atoms with Gasteiger partial charge in [-0.25, -0.2) is 0 Å². The van der Waals surface area contributed by atoms with Crippen molar-refractivity contribution in [1.82, 2.24) is 5.32 Å². The molecular weight excluding hydrogens is 346 g/mol. The molecule has 0 aliphatic carbocycles. The zero-order valence-electron chi connectivity index (χ0n) is 12.0. The van der Waals surface area contributed by atoms with E-state index in [4.69, 9.17) is 0 Å². The molecular formula is C17H16BrNO3. The molecule has 0 aliphatic heterocycles. The summed E-state index contributed by atoms with van der Waals surface area (Å²) < 4.78 is 0.892. The van der Waals surface area contributed by atoms with E-state index >= 15 is 0 Å². The summed E-state index contributed by atoms with van der Waals surface area (Å²) in [5.41, 5.74) is 1.09. The Labute approximate surface area is 137 Å². The summed E-state index contributed by atoms with van der Waals surface area (Å²) in [6.45, 7) is 1.39. The van der Waals surface area contributed by atoms with Crippen LogP contribution in [-0.2, 0) is 4.79 Å². The molecule has 2 rings (SSSR count). The van der Waals surface area contributed by atoms with Gasteiger partial charge in [-0.15, -0.1) is 0 Å². The Balaban J connectivity index is 2.23. The Morgan fingerprint density at radius 2 is 1.77 bits per heavy atom. The molecule has 0 aromatic heterocycles. The molecule has 0 saturated heterocycles. The van der Waals surface area contributed by atoms with E-state index in [0.29, 0.717) is 11.1 Å². The summed E-state index contributed by atoms with van der Waals surface area (Å²) >= 11 is 3.32. The van der Waals surface area contributed by atoms with Gasteiger partial charge in [-0.1, -0.05) is 46.3 Å². The summed E-state index contributed by atoms with van der Waals surface area (Å²) in [4.78, 5) is 23.8. The van der Waals surface area contributed by atoms with Crippen LogP contribution in [0.15, 0.2) is 53.0 Å². The van der Waals surface area contributed by atoms with Crippen molar-refractivity contribution >= 4 is 27.6 Å². The molecule has 2 aromatic rings. The number of hydrogen-bond donors (Lipinski definition) is 2. The minimum Gasteiger partial charge on any atom is -0.508 e. The number of carbonyl (C=O) groups is 2. The smallest absolute Gasteiger partial charge is 0.217 e. The first-order chi connectivity index (χ1) is 10.5. The van der Waals surface area contributed by atoms with Crippen molar-refractivity contribution in [3.05, 3.63) is 64.1 Å². The monoisotopic (exact) mass is 361 g/mol. The molecule has 0 bridgehead atoms. The Morgan fingerprint density at radius 1 is 1.14 bits per heavy atom. The number of phenolic OH excluding ortho intramolecular Hbond substituents is 1. The molecule has 114 valence electrons. The molecule has 0 spiro atoms. The van der Waals surface area contributed by atoms with Crippen LogP contribution in [0, 0.1) is 0 Å². The van der Waals surface area contributed by atoms with Crippen LogP contribution in [0.5, 0.6) is 5.75 Å². The van der Waals surface area contributed by atoms with Crippen molar-refractivity contribution in [2.45, 2.75) is 19.4 Å². The van der Waals surface area contributed by atoms with Crippen molar-refractivity contribution in [2.24, 2.45) is 0 Å². The van der Waals surface area contributed by atoms with E-state index in [1.807, 2.05) is 0 Å². The molecule has 5 heteroatoms. The summed E-state index contributed by atoms with van der Waals surface area (Å²) in [7, 11) is 0. The average Bonchev–Trinajstić information content (AvgIpc) is 2.47. The van der Waals surface area contributed by atoms with Gasteiger partial charge in [0.2, 0.25) is 5.91 Å². The predicted molar refractivity (Wildman–Crippen MR) is 87.8 cm³/mol. The number of aromatic hydroxyl groups is 1. The second-order valence-corrected chi connectivity index (χ2v) is 5.86. The Bertz CT molecular complexity index is 683. The van der Waals surface area contributed by atoms with Crippen molar-refractivity contribution in [1.29, 1.82) is 0 Å². The van der Waals surface area contributed by atoms with Crippen molar-refractivity contribution in [3.63, 3.8) is 0 Å². The van der Waals surface area contributed by atoms with Crippen LogP contribution in [0.4, 0.5) is 0 Å². The number of carbonyl (C=O) groups excluding carboxylic acids is 2. The molecule has 0 radical (unpaired) electrons. The molecule has 2 N–H and O–H groups in total. The van der Waals surface area contributed by atoms with Crippen LogP contribution in [0.3, 0.4) is 0 Å². The average molecular weight is 362 g/mol. The standard InChI is InChI=1S/C17H16BrNO3/c1-11(20)19-15(14-4-2-3-5-16(14)21)10-17(22)12-6-8-13(18)9-7-12/h2-9,15,21H,10H2,1H3,(H,19,20). The number of ketones is 1. The highest BCUT2D eigenvalue weighted by molar-refractivity contribution is 9.10. The Hall–Kier alpha value is -2.14. The van der Waals surface area contributed by atoms with E-state index in [1.54, 1.807) is 42.5 Å². The van der Waals surface area contributed by atoms with Gasteiger partial charge in [0.1, 0.15) is 5.75 Å². The van der Waals surface area contributed by atoms with Crippen LogP contribution >= 0.6 is 15.9 Å². The van der Waals surface area contributed by atoms with E-state index in [2.05, 4.69) is 21.2 Å². The lowest BCUT2D eigenvalue weighted by atomic mass is 9.97. The fourth-order valence-corrected chi connectivity index (χ4v) is 2.47. The van der Waals surface area contributed by atoms with Crippen molar-refractivity contribution < 1.29 is 14.7 Å². The third-order valence-electron chi connectivity index (χ3n) is 3.25. The van der Waals surface area contributed by atoms with Gasteiger partial charge in [0.25, 0.3) is 0 Å². The molecule has 0 aliphatic rings. The van der Waals surface area contributed by atoms with Gasteiger partial charge in [-0.3, -0.25) is 9.59 Å². The van der Waals surface area contributed by atoms with Gasteiger partial charge in [0, 0.05) is 28.9 Å². The highest BCUT2D eigenvalue weighted by atomic mass is 79.9.